The second-order valence-electron chi connectivity index (χ2n) is 6.97. The van der Waals surface area contributed by atoms with Gasteiger partial charge >= 0.3 is 0 Å². The van der Waals surface area contributed by atoms with Crippen LogP contribution in [-0.2, 0) is 6.42 Å². The fourth-order valence-electron chi connectivity index (χ4n) is 2.71. The summed E-state index contributed by atoms with van der Waals surface area (Å²) in [5, 5.41) is 0. The lowest BCUT2D eigenvalue weighted by atomic mass is 9.82. The first-order valence-electron chi connectivity index (χ1n) is 8.60. The molecule has 0 saturated carbocycles. The van der Waals surface area contributed by atoms with Crippen LogP contribution >= 0.6 is 25.3 Å². The summed E-state index contributed by atoms with van der Waals surface area (Å²) >= 11 is 9.05. The minimum Gasteiger partial charge on any atom is -0.147 e. The fraction of sp³-hybridized carbons (Fsp3) is 0.600. The van der Waals surface area contributed by atoms with Crippen LogP contribution in [0.15, 0.2) is 29.2 Å². The summed E-state index contributed by atoms with van der Waals surface area (Å²) < 4.78 is 0. The van der Waals surface area contributed by atoms with Crippen molar-refractivity contribution in [3.63, 3.8) is 0 Å². The number of unbranched alkanes of at least 4 members (excludes halogenated alkanes) is 1. The lowest BCUT2D eigenvalue weighted by Gasteiger charge is -2.24. The monoisotopic (exact) mass is 336 g/mol. The van der Waals surface area contributed by atoms with E-state index in [0.717, 1.165) is 16.2 Å². The Morgan fingerprint density at radius 3 is 2.09 bits per heavy atom. The van der Waals surface area contributed by atoms with Crippen LogP contribution in [0.2, 0.25) is 0 Å². The van der Waals surface area contributed by atoms with Gasteiger partial charge in [0.2, 0.25) is 0 Å². The Morgan fingerprint density at radius 2 is 1.55 bits per heavy atom. The molecule has 0 fully saturated rings. The van der Waals surface area contributed by atoms with E-state index < -0.39 is 0 Å². The van der Waals surface area contributed by atoms with Crippen LogP contribution in [0.3, 0.4) is 0 Å². The van der Waals surface area contributed by atoms with Gasteiger partial charge in [-0.05, 0) is 53.6 Å². The van der Waals surface area contributed by atoms with Crippen LogP contribution in [0.5, 0.6) is 0 Å². The highest BCUT2D eigenvalue weighted by Gasteiger charge is 2.16. The van der Waals surface area contributed by atoms with Gasteiger partial charge in [0.05, 0.1) is 0 Å². The van der Waals surface area contributed by atoms with E-state index in [0.29, 0.717) is 5.41 Å². The number of aryl methyl sites for hydroxylation is 1. The van der Waals surface area contributed by atoms with Crippen molar-refractivity contribution in [2.75, 3.05) is 0 Å². The minimum absolute atomic E-state index is 0.485. The number of rotatable bonds is 9. The third-order valence-corrected chi connectivity index (χ3v) is 5.61. The topological polar surface area (TPSA) is 0 Å². The van der Waals surface area contributed by atoms with Crippen LogP contribution in [0.1, 0.15) is 77.3 Å². The SMILES string of the molecule is CCCCC(C)(C)CCCc1ccc(/C(S)=C(/S)CC)cc1. The van der Waals surface area contributed by atoms with Crippen molar-refractivity contribution in [2.24, 2.45) is 5.41 Å². The highest BCUT2D eigenvalue weighted by Crippen LogP contribution is 2.30. The third kappa shape index (κ3) is 6.83. The molecule has 0 aliphatic carbocycles. The first-order chi connectivity index (χ1) is 10.4. The average Bonchev–Trinajstić information content (AvgIpc) is 2.52. The minimum atomic E-state index is 0.485. The van der Waals surface area contributed by atoms with Crippen LogP contribution in [0.25, 0.3) is 4.91 Å². The summed E-state index contributed by atoms with van der Waals surface area (Å²) in [6.07, 6.45) is 8.67. The summed E-state index contributed by atoms with van der Waals surface area (Å²) in [7, 11) is 0. The van der Waals surface area contributed by atoms with Crippen molar-refractivity contribution in [1.82, 2.24) is 0 Å². The molecule has 1 aromatic carbocycles. The number of thiol groups is 2. The Bertz CT molecular complexity index is 469. The highest BCUT2D eigenvalue weighted by atomic mass is 32.1. The summed E-state index contributed by atoms with van der Waals surface area (Å²) in [5.41, 5.74) is 3.08. The van der Waals surface area contributed by atoms with Gasteiger partial charge in [-0.3, -0.25) is 0 Å². The van der Waals surface area contributed by atoms with Gasteiger partial charge in [0, 0.05) is 4.91 Å². The highest BCUT2D eigenvalue weighted by molar-refractivity contribution is 7.93. The Labute approximate surface area is 148 Å². The molecule has 124 valence electrons. The zero-order valence-corrected chi connectivity index (χ0v) is 16.4. The molecule has 2 heteroatoms. The average molecular weight is 337 g/mol. The van der Waals surface area contributed by atoms with Gasteiger partial charge in [0.25, 0.3) is 0 Å². The van der Waals surface area contributed by atoms with Gasteiger partial charge in [-0.25, -0.2) is 0 Å². The summed E-state index contributed by atoms with van der Waals surface area (Å²) in [5.74, 6) is 0. The van der Waals surface area contributed by atoms with E-state index in [4.69, 9.17) is 0 Å². The lowest BCUT2D eigenvalue weighted by Crippen LogP contribution is -2.11. The Morgan fingerprint density at radius 1 is 0.955 bits per heavy atom. The summed E-state index contributed by atoms with van der Waals surface area (Å²) in [6, 6.07) is 8.82. The van der Waals surface area contributed by atoms with E-state index in [1.165, 1.54) is 49.7 Å². The molecule has 0 radical (unpaired) electrons. The predicted octanol–water partition coefficient (Wildman–Crippen LogP) is 7.16. The molecular formula is C20H32S2. The molecular weight excluding hydrogens is 304 g/mol. The molecule has 22 heavy (non-hydrogen) atoms. The Kier molecular flexibility index (Phi) is 8.71. The lowest BCUT2D eigenvalue weighted by molar-refractivity contribution is 0.290. The van der Waals surface area contributed by atoms with Crippen LogP contribution in [0.4, 0.5) is 0 Å². The molecule has 0 aliphatic rings. The fourth-order valence-corrected chi connectivity index (χ4v) is 3.15. The van der Waals surface area contributed by atoms with Gasteiger partial charge in [-0.1, -0.05) is 64.8 Å². The van der Waals surface area contributed by atoms with E-state index in [1.807, 2.05) is 0 Å². The molecule has 0 N–H and O–H groups in total. The van der Waals surface area contributed by atoms with Gasteiger partial charge in [0.15, 0.2) is 0 Å². The largest absolute Gasteiger partial charge is 0.147 e. The Balaban J connectivity index is 2.52. The van der Waals surface area contributed by atoms with Crippen molar-refractivity contribution in [2.45, 2.75) is 72.6 Å². The number of hydrogen-bond acceptors (Lipinski definition) is 2. The quantitative estimate of drug-likeness (QED) is 0.439. The zero-order chi connectivity index (χ0) is 16.6. The second-order valence-corrected chi connectivity index (χ2v) is 7.95. The molecule has 0 aliphatic heterocycles. The number of benzene rings is 1. The van der Waals surface area contributed by atoms with E-state index in [2.05, 4.69) is 77.2 Å². The molecule has 0 aromatic heterocycles. The van der Waals surface area contributed by atoms with Crippen LogP contribution in [-0.4, -0.2) is 0 Å². The maximum Gasteiger partial charge on any atom is 0.0205 e. The molecule has 0 unspecified atom stereocenters. The van der Waals surface area contributed by atoms with E-state index >= 15 is 0 Å². The maximum atomic E-state index is 4.57. The molecule has 0 saturated heterocycles. The van der Waals surface area contributed by atoms with Gasteiger partial charge in [-0.2, -0.15) is 0 Å². The molecule has 0 nitrogen and oxygen atoms in total. The van der Waals surface area contributed by atoms with E-state index in [1.54, 1.807) is 0 Å². The van der Waals surface area contributed by atoms with Gasteiger partial charge in [0.1, 0.15) is 0 Å². The normalized spacial score (nSPS) is 13.2. The van der Waals surface area contributed by atoms with Gasteiger partial charge in [-0.15, -0.1) is 25.3 Å². The van der Waals surface area contributed by atoms with E-state index in [9.17, 15) is 0 Å². The first-order valence-corrected chi connectivity index (χ1v) is 9.49. The number of allylic oxidation sites excluding steroid dienone is 1. The van der Waals surface area contributed by atoms with Crippen LogP contribution < -0.4 is 0 Å². The smallest absolute Gasteiger partial charge is 0.0205 e. The Hall–Kier alpha value is -0.340. The molecule has 1 aromatic rings. The zero-order valence-electron chi connectivity index (χ0n) is 14.7. The summed E-state index contributed by atoms with van der Waals surface area (Å²) in [4.78, 5) is 2.05. The molecule has 0 heterocycles. The first kappa shape index (κ1) is 19.7. The molecule has 1 rings (SSSR count). The standard InChI is InChI=1S/C20H32S2/c1-5-7-14-20(3,4)15-8-9-16-10-12-17(13-11-16)19(22)18(21)6-2/h10-13,21-22H,5-9,14-15H2,1-4H3/b19-18-. The molecule has 0 amide bonds. The maximum absolute atomic E-state index is 4.57. The van der Waals surface area contributed by atoms with Crippen molar-refractivity contribution in [1.29, 1.82) is 0 Å². The predicted molar refractivity (Wildman–Crippen MR) is 108 cm³/mol. The summed E-state index contributed by atoms with van der Waals surface area (Å²) in [6.45, 7) is 9.19. The van der Waals surface area contributed by atoms with Crippen molar-refractivity contribution >= 4 is 30.2 Å². The molecule has 0 spiro atoms. The molecule has 0 atom stereocenters. The second kappa shape index (κ2) is 9.72. The van der Waals surface area contributed by atoms with E-state index in [-0.39, 0.29) is 0 Å². The number of hydrogen-bond donors (Lipinski definition) is 2. The molecule has 0 bridgehead atoms. The van der Waals surface area contributed by atoms with Crippen molar-refractivity contribution in [3.8, 4) is 0 Å². The van der Waals surface area contributed by atoms with Gasteiger partial charge < -0.3 is 0 Å². The van der Waals surface area contributed by atoms with Crippen molar-refractivity contribution in [3.05, 3.63) is 40.3 Å². The third-order valence-electron chi connectivity index (χ3n) is 4.36. The van der Waals surface area contributed by atoms with Crippen LogP contribution in [0, 0.1) is 5.41 Å². The van der Waals surface area contributed by atoms with Crippen molar-refractivity contribution < 1.29 is 0 Å².